The molecule has 3 saturated heterocycles. The van der Waals surface area contributed by atoms with E-state index < -0.39 is 17.2 Å². The highest BCUT2D eigenvalue weighted by atomic mass is 32.1. The molecule has 7 rings (SSSR count). The van der Waals surface area contributed by atoms with Crippen molar-refractivity contribution in [2.45, 2.75) is 43.3 Å². The third-order valence-electron chi connectivity index (χ3n) is 8.26. The minimum atomic E-state index is -1.98. The van der Waals surface area contributed by atoms with Crippen LogP contribution in [0.15, 0.2) is 66.0 Å². The number of hydrogen-bond acceptors (Lipinski definition) is 4. The van der Waals surface area contributed by atoms with Crippen LogP contribution in [0.5, 0.6) is 0 Å². The molecule has 4 aliphatic rings. The summed E-state index contributed by atoms with van der Waals surface area (Å²) in [6.07, 6.45) is 4.92. The van der Waals surface area contributed by atoms with Gasteiger partial charge in [0.1, 0.15) is 5.60 Å². The van der Waals surface area contributed by atoms with Crippen molar-refractivity contribution in [1.29, 1.82) is 0 Å². The molecule has 0 saturated carbocycles. The Morgan fingerprint density at radius 2 is 1.52 bits per heavy atom. The highest BCUT2D eigenvalue weighted by molar-refractivity contribution is 7.09. The predicted molar refractivity (Wildman–Crippen MR) is 128 cm³/mol. The molecule has 2 bridgehead atoms. The van der Waals surface area contributed by atoms with Gasteiger partial charge in [0, 0.05) is 36.2 Å². The lowest BCUT2D eigenvalue weighted by molar-refractivity contribution is -0.944. The van der Waals surface area contributed by atoms with Crippen LogP contribution >= 0.6 is 11.3 Å². The molecular weight excluding hydrogens is 430 g/mol. The molecule has 0 radical (unpaired) electrons. The van der Waals surface area contributed by atoms with Gasteiger partial charge in [-0.2, -0.15) is 0 Å². The summed E-state index contributed by atoms with van der Waals surface area (Å²) >= 11 is 1.84. The second-order valence-electron chi connectivity index (χ2n) is 10.0. The number of nitrogens with zero attached hydrogens (tertiary/aromatic N) is 1. The van der Waals surface area contributed by atoms with Crippen LogP contribution in [0, 0.1) is 0 Å². The van der Waals surface area contributed by atoms with E-state index in [4.69, 9.17) is 4.74 Å². The molecule has 1 aromatic heterocycles. The SMILES string of the molecule is O=C(OC12CC[N+](CCCc3cccs3)(CC1)CC2)C1([O-])c2ccccc2-c2ccccc21. The van der Waals surface area contributed by atoms with E-state index in [1.54, 1.807) is 12.1 Å². The Bertz CT molecular complexity index is 1120. The molecule has 33 heavy (non-hydrogen) atoms. The molecule has 3 aliphatic heterocycles. The topological polar surface area (TPSA) is 49.4 Å². The number of quaternary nitrogens is 1. The maximum Gasteiger partial charge on any atom is 0.304 e. The Hall–Kier alpha value is -2.47. The average Bonchev–Trinajstić information content (AvgIpc) is 3.46. The van der Waals surface area contributed by atoms with Gasteiger partial charge in [-0.25, -0.2) is 0 Å². The van der Waals surface area contributed by atoms with E-state index in [9.17, 15) is 9.90 Å². The van der Waals surface area contributed by atoms with Gasteiger partial charge in [-0.15, -0.1) is 11.3 Å². The fraction of sp³-hybridized carbons (Fsp3) is 0.393. The molecule has 170 valence electrons. The summed E-state index contributed by atoms with van der Waals surface area (Å²) in [7, 11) is 0. The Morgan fingerprint density at radius 3 is 2.09 bits per heavy atom. The second-order valence-corrected chi connectivity index (χ2v) is 11.0. The fourth-order valence-electron chi connectivity index (χ4n) is 6.25. The van der Waals surface area contributed by atoms with Gasteiger partial charge in [0.05, 0.1) is 26.2 Å². The van der Waals surface area contributed by atoms with Gasteiger partial charge in [0.15, 0.2) is 0 Å². The van der Waals surface area contributed by atoms with Crippen molar-refractivity contribution >= 4 is 17.3 Å². The van der Waals surface area contributed by atoms with Crippen molar-refractivity contribution in [1.82, 2.24) is 0 Å². The highest BCUT2D eigenvalue weighted by Gasteiger charge is 2.53. The van der Waals surface area contributed by atoms with E-state index >= 15 is 0 Å². The van der Waals surface area contributed by atoms with Crippen LogP contribution in [0.3, 0.4) is 0 Å². The zero-order chi connectivity index (χ0) is 22.5. The molecule has 0 spiro atoms. The predicted octanol–water partition coefficient (Wildman–Crippen LogP) is 4.26. The van der Waals surface area contributed by atoms with E-state index in [0.717, 1.165) is 60.9 Å². The fourth-order valence-corrected chi connectivity index (χ4v) is 7.00. The number of benzene rings is 2. The number of fused-ring (bicyclic) bond motifs is 6. The zero-order valence-electron chi connectivity index (χ0n) is 18.8. The quantitative estimate of drug-likeness (QED) is 0.409. The number of carbonyl (C=O) groups excluding carboxylic acids is 1. The minimum Gasteiger partial charge on any atom is -0.834 e. The van der Waals surface area contributed by atoms with Crippen molar-refractivity contribution < 1.29 is 19.1 Å². The number of carbonyl (C=O) groups is 1. The molecule has 4 nitrogen and oxygen atoms in total. The Labute approximate surface area is 199 Å². The first kappa shape index (κ1) is 21.1. The van der Waals surface area contributed by atoms with Crippen LogP contribution in [0.2, 0.25) is 0 Å². The first-order valence-corrected chi connectivity index (χ1v) is 12.9. The summed E-state index contributed by atoms with van der Waals surface area (Å²) < 4.78 is 7.35. The van der Waals surface area contributed by atoms with Crippen molar-refractivity contribution in [3.05, 3.63) is 82.0 Å². The number of rotatable bonds is 6. The molecule has 2 aromatic carbocycles. The largest absolute Gasteiger partial charge is 0.834 e. The monoisotopic (exact) mass is 459 g/mol. The summed E-state index contributed by atoms with van der Waals surface area (Å²) in [4.78, 5) is 15.0. The zero-order valence-corrected chi connectivity index (χ0v) is 19.6. The van der Waals surface area contributed by atoms with Gasteiger partial charge in [0.2, 0.25) is 0 Å². The van der Waals surface area contributed by atoms with E-state index in [-0.39, 0.29) is 0 Å². The standard InChI is InChI=1S/C28H29NO3S/c30-26(28(31)24-11-3-1-9-22(24)23-10-2-4-12-25(23)28)32-27-13-17-29(18-14-27,19-15-27)16-5-7-21-8-6-20-33-21/h1-4,6,8-12,20H,5,7,13-19H2. The van der Waals surface area contributed by atoms with Crippen LogP contribution in [0.1, 0.15) is 41.7 Å². The molecule has 0 unspecified atom stereocenters. The van der Waals surface area contributed by atoms with Gasteiger partial charge in [0.25, 0.3) is 0 Å². The van der Waals surface area contributed by atoms with Crippen LogP contribution in [-0.4, -0.2) is 42.2 Å². The number of hydrogen-bond donors (Lipinski definition) is 0. The summed E-state index contributed by atoms with van der Waals surface area (Å²) in [5, 5.41) is 16.4. The molecule has 0 N–H and O–H groups in total. The van der Waals surface area contributed by atoms with E-state index in [0.29, 0.717) is 11.1 Å². The summed E-state index contributed by atoms with van der Waals surface area (Å²) in [5.74, 6) is -0.625. The Kier molecular flexibility index (Phi) is 4.98. The van der Waals surface area contributed by atoms with Gasteiger partial charge in [-0.1, -0.05) is 54.6 Å². The third kappa shape index (κ3) is 3.37. The van der Waals surface area contributed by atoms with E-state index in [1.165, 1.54) is 17.8 Å². The summed E-state index contributed by atoms with van der Waals surface area (Å²) in [6.45, 7) is 4.30. The average molecular weight is 460 g/mol. The molecule has 3 fully saturated rings. The van der Waals surface area contributed by atoms with E-state index in [1.807, 2.05) is 47.7 Å². The number of ether oxygens (including phenoxy) is 1. The second kappa shape index (κ2) is 7.79. The normalized spacial score (nSPS) is 26.6. The van der Waals surface area contributed by atoms with Crippen LogP contribution in [0.25, 0.3) is 11.1 Å². The Morgan fingerprint density at radius 1 is 0.909 bits per heavy atom. The third-order valence-corrected chi connectivity index (χ3v) is 9.20. The molecule has 0 amide bonds. The lowest BCUT2D eigenvalue weighted by Gasteiger charge is -2.55. The first-order valence-electron chi connectivity index (χ1n) is 12.0. The number of aryl methyl sites for hydroxylation is 1. The maximum atomic E-state index is 14.2. The molecule has 4 heterocycles. The first-order chi connectivity index (χ1) is 16.0. The molecule has 1 aliphatic carbocycles. The van der Waals surface area contributed by atoms with Crippen molar-refractivity contribution in [2.24, 2.45) is 0 Å². The smallest absolute Gasteiger partial charge is 0.304 e. The lowest BCUT2D eigenvalue weighted by atomic mass is 9.80. The molecular formula is C28H29NO3S. The van der Waals surface area contributed by atoms with Gasteiger partial charge in [-0.05, 0) is 40.1 Å². The van der Waals surface area contributed by atoms with Crippen molar-refractivity contribution in [3.63, 3.8) is 0 Å². The van der Waals surface area contributed by atoms with Gasteiger partial charge < -0.3 is 14.3 Å². The summed E-state index contributed by atoms with van der Waals surface area (Å²) in [5.41, 5.74) is 0.298. The van der Waals surface area contributed by atoms with Gasteiger partial charge >= 0.3 is 5.97 Å². The minimum absolute atomic E-state index is 0.477. The van der Waals surface area contributed by atoms with Crippen molar-refractivity contribution in [3.8, 4) is 11.1 Å². The van der Waals surface area contributed by atoms with Gasteiger partial charge in [-0.3, -0.25) is 4.79 Å². The number of esters is 1. The molecule has 0 atom stereocenters. The summed E-state index contributed by atoms with van der Waals surface area (Å²) in [6, 6.07) is 19.3. The molecule has 5 heteroatoms. The Balaban J connectivity index is 1.18. The van der Waals surface area contributed by atoms with E-state index in [2.05, 4.69) is 17.5 Å². The number of thiophene rings is 1. The van der Waals surface area contributed by atoms with Crippen LogP contribution in [-0.2, 0) is 21.6 Å². The number of piperidine rings is 3. The lowest BCUT2D eigenvalue weighted by Crippen LogP contribution is -2.66. The van der Waals surface area contributed by atoms with Crippen LogP contribution in [0.4, 0.5) is 0 Å². The maximum absolute atomic E-state index is 14.2. The van der Waals surface area contributed by atoms with Crippen molar-refractivity contribution in [2.75, 3.05) is 26.2 Å². The highest BCUT2D eigenvalue weighted by Crippen LogP contribution is 2.48. The molecule has 3 aromatic rings. The van der Waals surface area contributed by atoms with Crippen LogP contribution < -0.4 is 5.11 Å².